The van der Waals surface area contributed by atoms with Crippen molar-refractivity contribution in [1.82, 2.24) is 0 Å². The minimum absolute atomic E-state index is 0.272. The van der Waals surface area contributed by atoms with Crippen LogP contribution in [-0.4, -0.2) is 13.1 Å². The first kappa shape index (κ1) is 14.1. The van der Waals surface area contributed by atoms with Crippen molar-refractivity contribution >= 4 is 11.7 Å². The Balaban J connectivity index is 2.21. The van der Waals surface area contributed by atoms with Crippen LogP contribution in [0.2, 0.25) is 0 Å². The first-order valence-corrected chi connectivity index (χ1v) is 6.28. The van der Waals surface area contributed by atoms with Crippen LogP contribution < -0.4 is 5.32 Å². The van der Waals surface area contributed by atoms with Gasteiger partial charge in [0.15, 0.2) is 0 Å². The van der Waals surface area contributed by atoms with Crippen LogP contribution in [-0.2, 0) is 11.3 Å². The van der Waals surface area contributed by atoms with Gasteiger partial charge in [0.25, 0.3) is 0 Å². The molecule has 0 amide bonds. The molecule has 0 atom stereocenters. The second-order valence-corrected chi connectivity index (χ2v) is 4.49. The summed E-state index contributed by atoms with van der Waals surface area (Å²) in [7, 11) is 1.34. The van der Waals surface area contributed by atoms with Gasteiger partial charge in [-0.3, -0.25) is 0 Å². The summed E-state index contributed by atoms with van der Waals surface area (Å²) < 4.78 is 18.3. The van der Waals surface area contributed by atoms with E-state index in [1.54, 1.807) is 30.3 Å². The highest BCUT2D eigenvalue weighted by Crippen LogP contribution is 2.19. The van der Waals surface area contributed by atoms with Crippen molar-refractivity contribution < 1.29 is 13.9 Å². The number of nitrogens with one attached hydrogen (secondary N) is 1. The molecular formula is C16H16FNO2. The zero-order chi connectivity index (χ0) is 14.5. The van der Waals surface area contributed by atoms with Gasteiger partial charge < -0.3 is 10.1 Å². The summed E-state index contributed by atoms with van der Waals surface area (Å²) >= 11 is 0. The molecule has 0 aliphatic heterocycles. The highest BCUT2D eigenvalue weighted by molar-refractivity contribution is 5.95. The number of hydrogen-bond donors (Lipinski definition) is 1. The number of carbonyl (C=O) groups is 1. The highest BCUT2D eigenvalue weighted by atomic mass is 19.1. The molecule has 0 unspecified atom stereocenters. The minimum atomic E-state index is -0.412. The predicted molar refractivity (Wildman–Crippen MR) is 76.2 cm³/mol. The molecule has 0 aliphatic rings. The van der Waals surface area contributed by atoms with Gasteiger partial charge in [0.1, 0.15) is 5.82 Å². The quantitative estimate of drug-likeness (QED) is 0.866. The van der Waals surface area contributed by atoms with Crippen molar-refractivity contribution in [3.8, 4) is 0 Å². The summed E-state index contributed by atoms with van der Waals surface area (Å²) in [6.07, 6.45) is 0. The second kappa shape index (κ2) is 6.19. The SMILES string of the molecule is COC(=O)c1cc(C)ccc1NCc1ccccc1F. The van der Waals surface area contributed by atoms with Crippen LogP contribution in [0.25, 0.3) is 0 Å². The Labute approximate surface area is 117 Å². The average molecular weight is 273 g/mol. The highest BCUT2D eigenvalue weighted by Gasteiger charge is 2.12. The molecule has 0 spiro atoms. The van der Waals surface area contributed by atoms with E-state index in [2.05, 4.69) is 5.32 Å². The molecule has 1 N–H and O–H groups in total. The van der Waals surface area contributed by atoms with Gasteiger partial charge in [-0.1, -0.05) is 29.8 Å². The molecule has 4 heteroatoms. The normalized spacial score (nSPS) is 10.2. The molecule has 2 rings (SSSR count). The summed E-state index contributed by atoms with van der Waals surface area (Å²) in [5.41, 5.74) is 2.58. The van der Waals surface area contributed by atoms with Crippen LogP contribution in [0.15, 0.2) is 42.5 Å². The smallest absolute Gasteiger partial charge is 0.339 e. The Hall–Kier alpha value is -2.36. The van der Waals surface area contributed by atoms with Gasteiger partial charge in [-0.25, -0.2) is 9.18 Å². The zero-order valence-corrected chi connectivity index (χ0v) is 11.4. The number of carbonyl (C=O) groups excluding carboxylic acids is 1. The van der Waals surface area contributed by atoms with E-state index in [1.165, 1.54) is 13.2 Å². The topological polar surface area (TPSA) is 38.3 Å². The Kier molecular flexibility index (Phi) is 4.35. The third-order valence-corrected chi connectivity index (χ3v) is 3.01. The standard InChI is InChI=1S/C16H16FNO2/c1-11-7-8-15(13(9-11)16(19)20-2)18-10-12-5-3-4-6-14(12)17/h3-9,18H,10H2,1-2H3. The number of ether oxygens (including phenoxy) is 1. The number of benzene rings is 2. The van der Waals surface area contributed by atoms with Gasteiger partial charge in [-0.2, -0.15) is 0 Å². The Morgan fingerprint density at radius 2 is 2.00 bits per heavy atom. The molecule has 0 fully saturated rings. The van der Waals surface area contributed by atoms with Gasteiger partial charge in [-0.15, -0.1) is 0 Å². The third-order valence-electron chi connectivity index (χ3n) is 3.01. The van der Waals surface area contributed by atoms with Crippen LogP contribution in [0.1, 0.15) is 21.5 Å². The van der Waals surface area contributed by atoms with E-state index in [9.17, 15) is 9.18 Å². The lowest BCUT2D eigenvalue weighted by molar-refractivity contribution is 0.0601. The molecular weight excluding hydrogens is 257 g/mol. The number of rotatable bonds is 4. The Morgan fingerprint density at radius 3 is 2.70 bits per heavy atom. The lowest BCUT2D eigenvalue weighted by Crippen LogP contribution is -2.09. The van der Waals surface area contributed by atoms with Crippen LogP contribution in [0.5, 0.6) is 0 Å². The first-order valence-electron chi connectivity index (χ1n) is 6.28. The van der Waals surface area contributed by atoms with E-state index in [4.69, 9.17) is 4.74 Å². The fraction of sp³-hybridized carbons (Fsp3) is 0.188. The molecule has 3 nitrogen and oxygen atoms in total. The molecule has 0 bridgehead atoms. The second-order valence-electron chi connectivity index (χ2n) is 4.49. The lowest BCUT2D eigenvalue weighted by atomic mass is 10.1. The molecule has 0 radical (unpaired) electrons. The largest absolute Gasteiger partial charge is 0.465 e. The predicted octanol–water partition coefficient (Wildman–Crippen LogP) is 3.53. The molecule has 104 valence electrons. The Bertz CT molecular complexity index is 626. The average Bonchev–Trinajstić information content (AvgIpc) is 2.46. The third kappa shape index (κ3) is 3.15. The maximum Gasteiger partial charge on any atom is 0.339 e. The zero-order valence-electron chi connectivity index (χ0n) is 11.4. The van der Waals surface area contributed by atoms with Crippen molar-refractivity contribution in [3.05, 3.63) is 65.0 Å². The number of methoxy groups -OCH3 is 1. The molecule has 0 saturated carbocycles. The van der Waals surface area contributed by atoms with E-state index in [0.29, 0.717) is 23.4 Å². The summed E-state index contributed by atoms with van der Waals surface area (Å²) in [6.45, 7) is 2.20. The number of anilines is 1. The van der Waals surface area contributed by atoms with Crippen LogP contribution in [0, 0.1) is 12.7 Å². The van der Waals surface area contributed by atoms with Crippen LogP contribution >= 0.6 is 0 Å². The van der Waals surface area contributed by atoms with Gasteiger partial charge in [0, 0.05) is 17.8 Å². The van der Waals surface area contributed by atoms with Crippen LogP contribution in [0.4, 0.5) is 10.1 Å². The number of halogens is 1. The van der Waals surface area contributed by atoms with Crippen LogP contribution in [0.3, 0.4) is 0 Å². The minimum Gasteiger partial charge on any atom is -0.465 e. The van der Waals surface area contributed by atoms with Gasteiger partial charge in [-0.05, 0) is 25.1 Å². The molecule has 0 saturated heterocycles. The van der Waals surface area contributed by atoms with E-state index in [1.807, 2.05) is 13.0 Å². The van der Waals surface area contributed by atoms with Gasteiger partial charge in [0.05, 0.1) is 12.7 Å². The van der Waals surface area contributed by atoms with E-state index in [-0.39, 0.29) is 5.82 Å². The summed E-state index contributed by atoms with van der Waals surface area (Å²) in [5, 5.41) is 3.07. The maximum atomic E-state index is 13.6. The van der Waals surface area contributed by atoms with Crippen molar-refractivity contribution in [2.24, 2.45) is 0 Å². The molecule has 20 heavy (non-hydrogen) atoms. The number of hydrogen-bond acceptors (Lipinski definition) is 3. The Morgan fingerprint density at radius 1 is 1.25 bits per heavy atom. The van der Waals surface area contributed by atoms with Crippen molar-refractivity contribution in [1.29, 1.82) is 0 Å². The van der Waals surface area contributed by atoms with Crippen molar-refractivity contribution in [3.63, 3.8) is 0 Å². The summed E-state index contributed by atoms with van der Waals surface area (Å²) in [5.74, 6) is -0.684. The van der Waals surface area contributed by atoms with E-state index < -0.39 is 5.97 Å². The van der Waals surface area contributed by atoms with Gasteiger partial charge >= 0.3 is 5.97 Å². The molecule has 2 aromatic rings. The molecule has 0 aromatic heterocycles. The summed E-state index contributed by atoms with van der Waals surface area (Å²) in [4.78, 5) is 11.7. The van der Waals surface area contributed by atoms with E-state index in [0.717, 1.165) is 5.56 Å². The fourth-order valence-corrected chi connectivity index (χ4v) is 1.92. The lowest BCUT2D eigenvalue weighted by Gasteiger charge is -2.12. The monoisotopic (exact) mass is 273 g/mol. The fourth-order valence-electron chi connectivity index (χ4n) is 1.92. The molecule has 0 aliphatic carbocycles. The maximum absolute atomic E-state index is 13.6. The molecule has 0 heterocycles. The first-order chi connectivity index (χ1) is 9.61. The van der Waals surface area contributed by atoms with E-state index >= 15 is 0 Å². The van der Waals surface area contributed by atoms with Gasteiger partial charge in [0.2, 0.25) is 0 Å². The van der Waals surface area contributed by atoms with Crippen molar-refractivity contribution in [2.75, 3.05) is 12.4 Å². The number of aryl methyl sites for hydroxylation is 1. The molecule has 2 aromatic carbocycles. The number of esters is 1. The van der Waals surface area contributed by atoms with Crippen molar-refractivity contribution in [2.45, 2.75) is 13.5 Å². The summed E-state index contributed by atoms with van der Waals surface area (Å²) in [6, 6.07) is 12.0.